The number of rotatable bonds is 3. The van der Waals surface area contributed by atoms with E-state index in [4.69, 9.17) is 4.42 Å². The van der Waals surface area contributed by atoms with E-state index in [0.29, 0.717) is 6.54 Å². The number of carbonyl (C=O) groups is 1. The van der Waals surface area contributed by atoms with Crippen LogP contribution in [0.4, 0.5) is 0 Å². The highest BCUT2D eigenvalue weighted by Gasteiger charge is 2.40. The van der Waals surface area contributed by atoms with Crippen LogP contribution in [0.15, 0.2) is 65.1 Å². The molecule has 0 N–H and O–H groups in total. The number of aromatic nitrogens is 1. The minimum absolute atomic E-state index is 0.0574. The quantitative estimate of drug-likeness (QED) is 0.501. The van der Waals surface area contributed by atoms with E-state index in [0.717, 1.165) is 22.6 Å². The SMILES string of the molecule is Cc1ccc(CN2C(=O)c3ccccc3[C@H]2c2c(C)n(C)c3ccccc23)o1. The highest BCUT2D eigenvalue weighted by Crippen LogP contribution is 2.44. The normalized spacial score (nSPS) is 16.2. The average molecular weight is 370 g/mol. The van der Waals surface area contributed by atoms with Gasteiger partial charge in [-0.1, -0.05) is 36.4 Å². The summed E-state index contributed by atoms with van der Waals surface area (Å²) in [6, 6.07) is 20.1. The molecular formula is C24H22N2O2. The van der Waals surface area contributed by atoms with Crippen molar-refractivity contribution in [2.75, 3.05) is 0 Å². The molecule has 1 amide bonds. The smallest absolute Gasteiger partial charge is 0.255 e. The fraction of sp³-hybridized carbons (Fsp3) is 0.208. The molecule has 0 aliphatic carbocycles. The molecule has 140 valence electrons. The van der Waals surface area contributed by atoms with Crippen molar-refractivity contribution in [3.05, 3.63) is 94.6 Å². The Bertz CT molecular complexity index is 1210. The van der Waals surface area contributed by atoms with Crippen molar-refractivity contribution in [1.29, 1.82) is 0 Å². The number of fused-ring (bicyclic) bond motifs is 2. The van der Waals surface area contributed by atoms with Crippen LogP contribution in [0.25, 0.3) is 10.9 Å². The number of hydrogen-bond donors (Lipinski definition) is 0. The molecule has 4 heteroatoms. The molecule has 0 saturated carbocycles. The molecule has 0 radical (unpaired) electrons. The molecule has 0 spiro atoms. The van der Waals surface area contributed by atoms with Gasteiger partial charge in [-0.3, -0.25) is 4.79 Å². The van der Waals surface area contributed by atoms with Gasteiger partial charge in [0.15, 0.2) is 0 Å². The molecule has 28 heavy (non-hydrogen) atoms. The Morgan fingerprint density at radius 1 is 0.964 bits per heavy atom. The van der Waals surface area contributed by atoms with Gasteiger partial charge in [-0.2, -0.15) is 0 Å². The van der Waals surface area contributed by atoms with Crippen molar-refractivity contribution in [3.8, 4) is 0 Å². The Balaban J connectivity index is 1.73. The molecule has 4 aromatic rings. The first-order valence-electron chi connectivity index (χ1n) is 9.55. The Labute approximate surface area is 164 Å². The Morgan fingerprint density at radius 3 is 2.50 bits per heavy atom. The lowest BCUT2D eigenvalue weighted by molar-refractivity contribution is 0.0722. The highest BCUT2D eigenvalue weighted by molar-refractivity contribution is 6.01. The molecular weight excluding hydrogens is 348 g/mol. The van der Waals surface area contributed by atoms with Crippen LogP contribution in [-0.2, 0) is 13.6 Å². The third kappa shape index (κ3) is 2.34. The summed E-state index contributed by atoms with van der Waals surface area (Å²) in [6.07, 6.45) is 0. The van der Waals surface area contributed by atoms with Gasteiger partial charge in [0.05, 0.1) is 12.6 Å². The Hall–Kier alpha value is -3.27. The van der Waals surface area contributed by atoms with Gasteiger partial charge in [-0.25, -0.2) is 0 Å². The maximum absolute atomic E-state index is 13.3. The van der Waals surface area contributed by atoms with Gasteiger partial charge >= 0.3 is 0 Å². The van der Waals surface area contributed by atoms with E-state index >= 15 is 0 Å². The van der Waals surface area contributed by atoms with Crippen LogP contribution in [0, 0.1) is 13.8 Å². The van der Waals surface area contributed by atoms with Crippen molar-refractivity contribution in [3.63, 3.8) is 0 Å². The lowest BCUT2D eigenvalue weighted by Crippen LogP contribution is -2.28. The Kier molecular flexibility index (Phi) is 3.69. The minimum atomic E-state index is -0.125. The minimum Gasteiger partial charge on any atom is -0.464 e. The van der Waals surface area contributed by atoms with Gasteiger partial charge in [0.2, 0.25) is 0 Å². The van der Waals surface area contributed by atoms with Gasteiger partial charge < -0.3 is 13.9 Å². The second kappa shape index (κ2) is 6.13. The fourth-order valence-corrected chi connectivity index (χ4v) is 4.48. The number of aryl methyl sites for hydroxylation is 2. The molecule has 0 saturated heterocycles. The predicted octanol–water partition coefficient (Wildman–Crippen LogP) is 5.13. The first kappa shape index (κ1) is 16.9. The zero-order valence-electron chi connectivity index (χ0n) is 16.3. The standard InChI is InChI=1S/C24H22N2O2/c1-15-12-13-17(28-15)14-26-23(18-8-4-5-9-19(18)24(26)27)22-16(2)25(3)21-11-7-6-10-20(21)22/h4-13,23H,14H2,1-3H3/t23-/m0/s1. The van der Waals surface area contributed by atoms with Gasteiger partial charge in [0.1, 0.15) is 11.5 Å². The number of carbonyl (C=O) groups excluding carboxylic acids is 1. The van der Waals surface area contributed by atoms with E-state index < -0.39 is 0 Å². The number of benzene rings is 2. The molecule has 1 aliphatic rings. The zero-order valence-corrected chi connectivity index (χ0v) is 16.3. The van der Waals surface area contributed by atoms with Gasteiger partial charge in [0.25, 0.3) is 5.91 Å². The largest absolute Gasteiger partial charge is 0.464 e. The number of hydrogen-bond acceptors (Lipinski definition) is 2. The van der Waals surface area contributed by atoms with E-state index in [1.54, 1.807) is 0 Å². The summed E-state index contributed by atoms with van der Waals surface area (Å²) in [5.41, 5.74) is 5.40. The summed E-state index contributed by atoms with van der Waals surface area (Å²) in [5.74, 6) is 1.72. The van der Waals surface area contributed by atoms with E-state index in [9.17, 15) is 4.79 Å². The molecule has 3 heterocycles. The van der Waals surface area contributed by atoms with Crippen LogP contribution in [0.2, 0.25) is 0 Å². The summed E-state index contributed by atoms with van der Waals surface area (Å²) >= 11 is 0. The molecule has 0 fully saturated rings. The predicted molar refractivity (Wildman–Crippen MR) is 109 cm³/mol. The number of para-hydroxylation sites is 1. The maximum atomic E-state index is 13.3. The number of amides is 1. The lowest BCUT2D eigenvalue weighted by Gasteiger charge is -2.25. The van der Waals surface area contributed by atoms with Gasteiger partial charge in [-0.15, -0.1) is 0 Å². The van der Waals surface area contributed by atoms with Crippen molar-refractivity contribution in [2.45, 2.75) is 26.4 Å². The molecule has 2 aromatic heterocycles. The molecule has 0 unspecified atom stereocenters. The summed E-state index contributed by atoms with van der Waals surface area (Å²) in [4.78, 5) is 15.3. The molecule has 0 bridgehead atoms. The van der Waals surface area contributed by atoms with Crippen LogP contribution in [-0.4, -0.2) is 15.4 Å². The van der Waals surface area contributed by atoms with Crippen LogP contribution in [0.3, 0.4) is 0 Å². The average Bonchev–Trinajstić information content (AvgIpc) is 3.32. The number of furan rings is 1. The van der Waals surface area contributed by atoms with Gasteiger partial charge in [-0.05, 0) is 43.7 Å². The topological polar surface area (TPSA) is 38.4 Å². The summed E-state index contributed by atoms with van der Waals surface area (Å²) in [7, 11) is 2.09. The lowest BCUT2D eigenvalue weighted by atomic mass is 9.95. The summed E-state index contributed by atoms with van der Waals surface area (Å²) in [6.45, 7) is 4.51. The van der Waals surface area contributed by atoms with E-state index in [1.807, 2.05) is 42.2 Å². The molecule has 1 aliphatic heterocycles. The zero-order chi connectivity index (χ0) is 19.4. The van der Waals surface area contributed by atoms with Crippen LogP contribution >= 0.6 is 0 Å². The third-order valence-electron chi connectivity index (χ3n) is 5.90. The Morgan fingerprint density at radius 2 is 1.71 bits per heavy atom. The molecule has 1 atom stereocenters. The third-order valence-corrected chi connectivity index (χ3v) is 5.90. The van der Waals surface area contributed by atoms with E-state index in [1.165, 1.54) is 22.2 Å². The molecule has 2 aromatic carbocycles. The van der Waals surface area contributed by atoms with Crippen LogP contribution in [0.1, 0.15) is 44.7 Å². The van der Waals surface area contributed by atoms with Crippen LogP contribution < -0.4 is 0 Å². The molecule has 4 nitrogen and oxygen atoms in total. The monoisotopic (exact) mass is 370 g/mol. The van der Waals surface area contributed by atoms with E-state index in [2.05, 4.69) is 48.9 Å². The van der Waals surface area contributed by atoms with Crippen molar-refractivity contribution >= 4 is 16.8 Å². The van der Waals surface area contributed by atoms with Crippen molar-refractivity contribution in [1.82, 2.24) is 9.47 Å². The van der Waals surface area contributed by atoms with Crippen molar-refractivity contribution < 1.29 is 9.21 Å². The first-order chi connectivity index (χ1) is 13.6. The number of nitrogens with zero attached hydrogens (tertiary/aromatic N) is 2. The van der Waals surface area contributed by atoms with Crippen LogP contribution in [0.5, 0.6) is 0 Å². The fourth-order valence-electron chi connectivity index (χ4n) is 4.48. The second-order valence-electron chi connectivity index (χ2n) is 7.51. The second-order valence-corrected chi connectivity index (χ2v) is 7.51. The van der Waals surface area contributed by atoms with E-state index in [-0.39, 0.29) is 11.9 Å². The first-order valence-corrected chi connectivity index (χ1v) is 9.55. The summed E-state index contributed by atoms with van der Waals surface area (Å²) in [5, 5.41) is 1.19. The highest BCUT2D eigenvalue weighted by atomic mass is 16.3. The summed E-state index contributed by atoms with van der Waals surface area (Å²) < 4.78 is 8.01. The maximum Gasteiger partial charge on any atom is 0.255 e. The molecule has 5 rings (SSSR count). The van der Waals surface area contributed by atoms with Gasteiger partial charge in [0, 0.05) is 34.8 Å². The van der Waals surface area contributed by atoms with Crippen molar-refractivity contribution in [2.24, 2.45) is 7.05 Å².